The third kappa shape index (κ3) is 1.74. The quantitative estimate of drug-likeness (QED) is 0.545. The Labute approximate surface area is 63.1 Å². The van der Waals surface area contributed by atoms with Gasteiger partial charge in [-0.1, -0.05) is 0 Å². The lowest BCUT2D eigenvalue weighted by Crippen LogP contribution is -1.87. The Bertz CT molecular complexity index is 301. The zero-order chi connectivity index (χ0) is 8.27. The van der Waals surface area contributed by atoms with E-state index in [1.807, 2.05) is 0 Å². The molecule has 0 aliphatic heterocycles. The molecule has 0 atom stereocenters. The van der Waals surface area contributed by atoms with Gasteiger partial charge in [-0.15, -0.1) is 0 Å². The van der Waals surface area contributed by atoms with Gasteiger partial charge in [0.25, 0.3) is 0 Å². The van der Waals surface area contributed by atoms with Crippen molar-refractivity contribution in [3.8, 4) is 0 Å². The van der Waals surface area contributed by atoms with Crippen LogP contribution >= 0.6 is 0 Å². The average molecular weight is 153 g/mol. The molecule has 0 radical (unpaired) electrons. The number of rotatable bonds is 1. The van der Waals surface area contributed by atoms with E-state index < -0.39 is 11.6 Å². The highest BCUT2D eigenvalue weighted by atomic mass is 19.1. The molecule has 1 aromatic rings. The first-order chi connectivity index (χ1) is 5.24. The van der Waals surface area contributed by atoms with Crippen LogP contribution in [0.1, 0.15) is 5.56 Å². The molecule has 0 unspecified atom stereocenters. The monoisotopic (exact) mass is 153 g/mol. The largest absolute Gasteiger partial charge is 0.312 e. The maximum atomic E-state index is 12.6. The number of nitrogens with zero attached hydrogens (tertiary/aromatic N) is 1. The Balaban J connectivity index is 3.05. The van der Waals surface area contributed by atoms with E-state index in [-0.39, 0.29) is 12.1 Å². The van der Waals surface area contributed by atoms with Crippen molar-refractivity contribution in [2.45, 2.75) is 6.54 Å². The molecule has 0 saturated carbocycles. The topological polar surface area (TPSA) is 4.36 Å². The van der Waals surface area contributed by atoms with Gasteiger partial charge in [0.1, 0.15) is 11.6 Å². The fourth-order valence-electron chi connectivity index (χ4n) is 0.750. The molecule has 0 heterocycles. The highest BCUT2D eigenvalue weighted by Crippen LogP contribution is 2.10. The first kappa shape index (κ1) is 7.67. The van der Waals surface area contributed by atoms with E-state index in [1.54, 1.807) is 0 Å². The molecule has 0 aromatic heterocycles. The Morgan fingerprint density at radius 3 is 2.73 bits per heavy atom. The van der Waals surface area contributed by atoms with E-state index in [9.17, 15) is 8.78 Å². The summed E-state index contributed by atoms with van der Waals surface area (Å²) < 4.78 is 25.0. The minimum absolute atomic E-state index is 0.108. The standard InChI is InChI=1S/C8H5F2N/c1-11-5-6-4-7(9)2-3-8(6)10/h2-4H,5H2. The van der Waals surface area contributed by atoms with Crippen LogP contribution in [0.25, 0.3) is 4.85 Å². The van der Waals surface area contributed by atoms with Crippen molar-refractivity contribution >= 4 is 0 Å². The fourth-order valence-corrected chi connectivity index (χ4v) is 0.750. The summed E-state index contributed by atoms with van der Waals surface area (Å²) in [7, 11) is 0. The van der Waals surface area contributed by atoms with Gasteiger partial charge in [-0.25, -0.2) is 15.4 Å². The van der Waals surface area contributed by atoms with Crippen LogP contribution in [-0.4, -0.2) is 0 Å². The molecule has 0 aliphatic carbocycles. The van der Waals surface area contributed by atoms with E-state index >= 15 is 0 Å². The lowest BCUT2D eigenvalue weighted by molar-refractivity contribution is 0.589. The molecule has 0 amide bonds. The van der Waals surface area contributed by atoms with Crippen LogP contribution in [0.3, 0.4) is 0 Å². The lowest BCUT2D eigenvalue weighted by Gasteiger charge is -1.93. The first-order valence-corrected chi connectivity index (χ1v) is 3.01. The normalized spacial score (nSPS) is 9.18. The molecule has 0 bridgehead atoms. The second-order valence-electron chi connectivity index (χ2n) is 2.05. The van der Waals surface area contributed by atoms with Gasteiger partial charge in [0.15, 0.2) is 0 Å². The second-order valence-corrected chi connectivity index (χ2v) is 2.05. The minimum Gasteiger partial charge on any atom is -0.312 e. The van der Waals surface area contributed by atoms with Gasteiger partial charge in [-0.3, -0.25) is 0 Å². The molecular weight excluding hydrogens is 148 g/mol. The number of benzene rings is 1. The zero-order valence-corrected chi connectivity index (χ0v) is 5.64. The SMILES string of the molecule is [C-]#[N+]Cc1cc(F)ccc1F. The maximum absolute atomic E-state index is 12.6. The van der Waals surface area contributed by atoms with E-state index in [0.29, 0.717) is 0 Å². The summed E-state index contributed by atoms with van der Waals surface area (Å²) in [5.74, 6) is -1.03. The summed E-state index contributed by atoms with van der Waals surface area (Å²) in [4.78, 5) is 2.95. The van der Waals surface area contributed by atoms with Crippen molar-refractivity contribution < 1.29 is 8.78 Å². The summed E-state index contributed by atoms with van der Waals surface area (Å²) >= 11 is 0. The molecule has 3 heteroatoms. The van der Waals surface area contributed by atoms with Crippen LogP contribution < -0.4 is 0 Å². The van der Waals surface area contributed by atoms with Crippen molar-refractivity contribution in [1.82, 2.24) is 0 Å². The van der Waals surface area contributed by atoms with Crippen molar-refractivity contribution in [3.63, 3.8) is 0 Å². The van der Waals surface area contributed by atoms with Crippen LogP contribution in [0, 0.1) is 18.2 Å². The lowest BCUT2D eigenvalue weighted by atomic mass is 10.2. The Hall–Kier alpha value is -1.43. The van der Waals surface area contributed by atoms with Crippen LogP contribution in [0.5, 0.6) is 0 Å². The van der Waals surface area contributed by atoms with Gasteiger partial charge < -0.3 is 4.85 Å². The van der Waals surface area contributed by atoms with Crippen molar-refractivity contribution in [2.24, 2.45) is 0 Å². The number of hydrogen-bond acceptors (Lipinski definition) is 0. The fraction of sp³-hybridized carbons (Fsp3) is 0.125. The predicted octanol–water partition coefficient (Wildman–Crippen LogP) is 2.38. The summed E-state index contributed by atoms with van der Waals surface area (Å²) in [6.07, 6.45) is 0. The maximum Gasteiger partial charge on any atom is 0.242 e. The van der Waals surface area contributed by atoms with Gasteiger partial charge in [0.2, 0.25) is 6.54 Å². The molecule has 1 nitrogen and oxygen atoms in total. The van der Waals surface area contributed by atoms with Crippen LogP contribution in [0.2, 0.25) is 0 Å². The molecule has 0 N–H and O–H groups in total. The van der Waals surface area contributed by atoms with Crippen LogP contribution in [-0.2, 0) is 6.54 Å². The van der Waals surface area contributed by atoms with E-state index in [2.05, 4.69) is 4.85 Å². The highest BCUT2D eigenvalue weighted by Gasteiger charge is 2.04. The molecule has 1 rings (SSSR count). The molecule has 56 valence electrons. The molecular formula is C8H5F2N. The number of halogens is 2. The smallest absolute Gasteiger partial charge is 0.242 e. The Kier molecular flexibility index (Phi) is 2.17. The summed E-state index contributed by atoms with van der Waals surface area (Å²) in [5.41, 5.74) is 0.111. The Morgan fingerprint density at radius 2 is 2.09 bits per heavy atom. The highest BCUT2D eigenvalue weighted by molar-refractivity contribution is 5.19. The molecule has 0 fully saturated rings. The van der Waals surface area contributed by atoms with Crippen LogP contribution in [0.15, 0.2) is 18.2 Å². The third-order valence-electron chi connectivity index (χ3n) is 1.26. The van der Waals surface area contributed by atoms with E-state index in [0.717, 1.165) is 18.2 Å². The molecule has 11 heavy (non-hydrogen) atoms. The summed E-state index contributed by atoms with van der Waals surface area (Å²) in [6.45, 7) is 6.34. The van der Waals surface area contributed by atoms with Crippen molar-refractivity contribution in [2.75, 3.05) is 0 Å². The minimum atomic E-state index is -0.526. The van der Waals surface area contributed by atoms with Crippen molar-refractivity contribution in [3.05, 3.63) is 46.8 Å². The van der Waals surface area contributed by atoms with E-state index in [4.69, 9.17) is 6.57 Å². The van der Waals surface area contributed by atoms with Crippen LogP contribution in [0.4, 0.5) is 8.78 Å². The van der Waals surface area contributed by atoms with Gasteiger partial charge in [0, 0.05) is 0 Å². The molecule has 0 aliphatic rings. The number of hydrogen-bond donors (Lipinski definition) is 0. The first-order valence-electron chi connectivity index (χ1n) is 3.01. The van der Waals surface area contributed by atoms with Crippen molar-refractivity contribution in [1.29, 1.82) is 0 Å². The molecule has 1 aromatic carbocycles. The second kappa shape index (κ2) is 3.11. The van der Waals surface area contributed by atoms with Gasteiger partial charge >= 0.3 is 0 Å². The zero-order valence-electron chi connectivity index (χ0n) is 5.64. The molecule has 0 saturated heterocycles. The summed E-state index contributed by atoms with van der Waals surface area (Å²) in [5, 5.41) is 0. The van der Waals surface area contributed by atoms with Gasteiger partial charge in [-0.05, 0) is 18.2 Å². The van der Waals surface area contributed by atoms with Gasteiger partial charge in [-0.2, -0.15) is 0 Å². The molecule has 0 spiro atoms. The Morgan fingerprint density at radius 1 is 1.36 bits per heavy atom. The summed E-state index contributed by atoms with van der Waals surface area (Å²) in [6, 6.07) is 3.09. The van der Waals surface area contributed by atoms with E-state index in [1.165, 1.54) is 0 Å². The predicted molar refractivity (Wildman–Crippen MR) is 36.7 cm³/mol. The third-order valence-corrected chi connectivity index (χ3v) is 1.26. The average Bonchev–Trinajstić information content (AvgIpc) is 1.98. The van der Waals surface area contributed by atoms with Gasteiger partial charge in [0.05, 0.1) is 5.56 Å².